The van der Waals surface area contributed by atoms with Gasteiger partial charge in [-0.3, -0.25) is 0 Å². The molecule has 0 aliphatic carbocycles. The van der Waals surface area contributed by atoms with Crippen molar-refractivity contribution in [3.8, 4) is 22.3 Å². The third-order valence-electron chi connectivity index (χ3n) is 4.15. The van der Waals surface area contributed by atoms with Gasteiger partial charge in [0.1, 0.15) is 0 Å². The summed E-state index contributed by atoms with van der Waals surface area (Å²) < 4.78 is 24.5. The maximum atomic E-state index is 8.17. The second-order valence-electron chi connectivity index (χ2n) is 7.47. The summed E-state index contributed by atoms with van der Waals surface area (Å²) in [5, 5.41) is 3.62. The van der Waals surface area contributed by atoms with E-state index in [0.29, 0.717) is 5.56 Å². The molecule has 0 radical (unpaired) electrons. The SMILES string of the molecule is [2H]C([2H])([2H])c1cc(C)c(-c2ccccc2)c(NC(C)(C)C)c1-c1ccccc1. The highest BCUT2D eigenvalue weighted by atomic mass is 15.0. The van der Waals surface area contributed by atoms with Gasteiger partial charge in [0, 0.05) is 20.8 Å². The molecular weight excluding hydrogens is 302 g/mol. The molecule has 1 heteroatoms. The summed E-state index contributed by atoms with van der Waals surface area (Å²) >= 11 is 0. The zero-order chi connectivity index (χ0) is 20.5. The van der Waals surface area contributed by atoms with Crippen molar-refractivity contribution >= 4 is 5.69 Å². The van der Waals surface area contributed by atoms with Gasteiger partial charge in [0.25, 0.3) is 0 Å². The normalized spacial score (nSPS) is 13.7. The Kier molecular flexibility index (Phi) is 3.71. The van der Waals surface area contributed by atoms with Crippen molar-refractivity contribution in [3.05, 3.63) is 77.9 Å². The van der Waals surface area contributed by atoms with E-state index >= 15 is 0 Å². The lowest BCUT2D eigenvalue weighted by Crippen LogP contribution is -2.27. The van der Waals surface area contributed by atoms with Crippen LogP contribution in [0, 0.1) is 13.8 Å². The molecule has 0 heterocycles. The van der Waals surface area contributed by atoms with Crippen LogP contribution in [0.1, 0.15) is 36.0 Å². The number of nitrogens with one attached hydrogen (secondary N) is 1. The van der Waals surface area contributed by atoms with Gasteiger partial charge in [-0.15, -0.1) is 0 Å². The van der Waals surface area contributed by atoms with E-state index in [0.717, 1.165) is 33.5 Å². The quantitative estimate of drug-likeness (QED) is 0.553. The highest BCUT2D eigenvalue weighted by Gasteiger charge is 2.21. The second kappa shape index (κ2) is 6.76. The fraction of sp³-hybridized carbons (Fsp3) is 0.250. The lowest BCUT2D eigenvalue weighted by Gasteiger charge is -2.29. The van der Waals surface area contributed by atoms with Crippen LogP contribution in [0.2, 0.25) is 0 Å². The molecule has 3 aromatic carbocycles. The minimum atomic E-state index is -2.21. The molecule has 0 bridgehead atoms. The Morgan fingerprint density at radius 2 is 1.24 bits per heavy atom. The van der Waals surface area contributed by atoms with Crippen LogP contribution in [0.3, 0.4) is 0 Å². The lowest BCUT2D eigenvalue weighted by atomic mass is 9.88. The molecule has 3 aromatic rings. The first-order chi connectivity index (χ1) is 13.1. The summed E-state index contributed by atoms with van der Waals surface area (Å²) in [6, 6.07) is 21.8. The Morgan fingerprint density at radius 1 is 0.760 bits per heavy atom. The number of aryl methyl sites for hydroxylation is 2. The van der Waals surface area contributed by atoms with E-state index in [1.54, 1.807) is 0 Å². The van der Waals surface area contributed by atoms with Crippen molar-refractivity contribution in [1.82, 2.24) is 0 Å². The van der Waals surface area contributed by atoms with Gasteiger partial charge in [0.05, 0.1) is 5.69 Å². The van der Waals surface area contributed by atoms with Crippen molar-refractivity contribution in [2.24, 2.45) is 0 Å². The lowest BCUT2D eigenvalue weighted by molar-refractivity contribution is 0.634. The van der Waals surface area contributed by atoms with Crippen molar-refractivity contribution in [1.29, 1.82) is 0 Å². The molecule has 0 saturated heterocycles. The molecule has 0 aromatic heterocycles. The first-order valence-electron chi connectivity index (χ1n) is 10.1. The zero-order valence-corrected chi connectivity index (χ0v) is 15.4. The summed E-state index contributed by atoms with van der Waals surface area (Å²) in [5.74, 6) is 0. The molecule has 1 nitrogen and oxygen atoms in total. The van der Waals surface area contributed by atoms with Crippen LogP contribution in [0.25, 0.3) is 22.3 Å². The van der Waals surface area contributed by atoms with Crippen LogP contribution in [0.4, 0.5) is 5.69 Å². The van der Waals surface area contributed by atoms with Gasteiger partial charge in [-0.2, -0.15) is 0 Å². The minimum Gasteiger partial charge on any atom is -0.379 e. The van der Waals surface area contributed by atoms with Crippen LogP contribution >= 0.6 is 0 Å². The largest absolute Gasteiger partial charge is 0.379 e. The number of benzene rings is 3. The van der Waals surface area contributed by atoms with Crippen LogP contribution in [-0.4, -0.2) is 5.54 Å². The van der Waals surface area contributed by atoms with E-state index in [4.69, 9.17) is 4.11 Å². The maximum Gasteiger partial charge on any atom is 0.0508 e. The van der Waals surface area contributed by atoms with Gasteiger partial charge in [0.2, 0.25) is 0 Å². The van der Waals surface area contributed by atoms with Crippen LogP contribution in [-0.2, 0) is 0 Å². The predicted octanol–water partition coefficient (Wildman–Crippen LogP) is 6.85. The monoisotopic (exact) mass is 332 g/mol. The van der Waals surface area contributed by atoms with Gasteiger partial charge < -0.3 is 5.32 Å². The van der Waals surface area contributed by atoms with Gasteiger partial charge in [-0.25, -0.2) is 0 Å². The molecular formula is C24H27N. The van der Waals surface area contributed by atoms with Gasteiger partial charge in [0.15, 0.2) is 0 Å². The molecule has 0 amide bonds. The zero-order valence-electron chi connectivity index (χ0n) is 18.4. The average molecular weight is 333 g/mol. The van der Waals surface area contributed by atoms with E-state index in [2.05, 4.69) is 38.2 Å². The fourth-order valence-corrected chi connectivity index (χ4v) is 3.20. The molecule has 3 rings (SSSR count). The topological polar surface area (TPSA) is 12.0 Å². The summed E-state index contributed by atoms with van der Waals surface area (Å²) in [6.45, 7) is 6.05. The highest BCUT2D eigenvalue weighted by molar-refractivity contribution is 5.94. The van der Waals surface area contributed by atoms with Crippen molar-refractivity contribution < 1.29 is 4.11 Å². The predicted molar refractivity (Wildman–Crippen MR) is 110 cm³/mol. The van der Waals surface area contributed by atoms with Crippen LogP contribution in [0.15, 0.2) is 66.7 Å². The van der Waals surface area contributed by atoms with Crippen LogP contribution in [0.5, 0.6) is 0 Å². The third kappa shape index (κ3) is 3.76. The summed E-state index contributed by atoms with van der Waals surface area (Å²) in [6.07, 6.45) is 0. The standard InChI is InChI=1S/C24H27N/c1-17-16-18(2)22(20-14-10-7-11-15-20)23(25-24(3,4)5)21(17)19-12-8-6-9-13-19/h6-16,25H,1-5H3/i1D3. The van der Waals surface area contributed by atoms with Crippen molar-refractivity contribution in [3.63, 3.8) is 0 Å². The fourth-order valence-electron chi connectivity index (χ4n) is 3.20. The molecule has 25 heavy (non-hydrogen) atoms. The molecule has 0 aliphatic rings. The molecule has 1 N–H and O–H groups in total. The number of rotatable bonds is 3. The van der Waals surface area contributed by atoms with Gasteiger partial charge in [-0.05, 0) is 56.8 Å². The van der Waals surface area contributed by atoms with Gasteiger partial charge >= 0.3 is 0 Å². The van der Waals surface area contributed by atoms with E-state index in [1.807, 2.05) is 61.5 Å². The maximum absolute atomic E-state index is 8.17. The van der Waals surface area contributed by atoms with Crippen molar-refractivity contribution in [2.45, 2.75) is 40.1 Å². The summed E-state index contributed by atoms with van der Waals surface area (Å²) in [5.41, 5.74) is 5.73. The Balaban J connectivity index is 2.45. The third-order valence-corrected chi connectivity index (χ3v) is 4.15. The van der Waals surface area contributed by atoms with Gasteiger partial charge in [-0.1, -0.05) is 66.7 Å². The van der Waals surface area contributed by atoms with E-state index in [1.165, 1.54) is 0 Å². The molecule has 0 atom stereocenters. The first-order valence-corrected chi connectivity index (χ1v) is 8.65. The molecule has 0 unspecified atom stereocenters. The number of anilines is 1. The molecule has 0 spiro atoms. The van der Waals surface area contributed by atoms with E-state index in [9.17, 15) is 0 Å². The number of hydrogen-bond acceptors (Lipinski definition) is 1. The molecule has 0 saturated carbocycles. The average Bonchev–Trinajstić information content (AvgIpc) is 2.61. The Labute approximate surface area is 156 Å². The van der Waals surface area contributed by atoms with Crippen molar-refractivity contribution in [2.75, 3.05) is 5.32 Å². The molecule has 128 valence electrons. The first kappa shape index (κ1) is 13.7. The smallest absolute Gasteiger partial charge is 0.0508 e. The summed E-state index contributed by atoms with van der Waals surface area (Å²) in [7, 11) is 0. The van der Waals surface area contributed by atoms with E-state index < -0.39 is 6.85 Å². The number of hydrogen-bond donors (Lipinski definition) is 1. The van der Waals surface area contributed by atoms with E-state index in [-0.39, 0.29) is 5.54 Å². The minimum absolute atomic E-state index is 0.229. The Hall–Kier alpha value is -2.54. The highest BCUT2D eigenvalue weighted by Crippen LogP contribution is 2.42. The Morgan fingerprint density at radius 3 is 1.68 bits per heavy atom. The molecule has 0 fully saturated rings. The Bertz CT molecular complexity index is 953. The van der Waals surface area contributed by atoms with Crippen LogP contribution < -0.4 is 5.32 Å². The molecule has 0 aliphatic heterocycles. The summed E-state index contributed by atoms with van der Waals surface area (Å²) in [4.78, 5) is 0. The second-order valence-corrected chi connectivity index (χ2v) is 7.47.